The SMILES string of the molecule is COCCCn1c([C@@H]2CCCN(C(=O)C[C@@H](Cc3ccc(-c4ccc(C(=O)NCCO)c(F)c4)cc3)NC(=O)OC(C)(C)C)C2)nc2ccccc21. The third kappa shape index (κ3) is 10.2. The van der Waals surface area contributed by atoms with Gasteiger partial charge in [-0.2, -0.15) is 0 Å². The molecule has 2 heterocycles. The monoisotopic (exact) mass is 715 g/mol. The number of fused-ring (bicyclic) bond motifs is 1. The maximum atomic E-state index is 14.8. The molecule has 11 nitrogen and oxygen atoms in total. The topological polar surface area (TPSA) is 135 Å². The van der Waals surface area contributed by atoms with Crippen molar-refractivity contribution in [3.63, 3.8) is 0 Å². The molecule has 0 aliphatic carbocycles. The molecule has 3 N–H and O–H groups in total. The van der Waals surface area contributed by atoms with E-state index in [1.807, 2.05) is 47.4 Å². The fourth-order valence-electron chi connectivity index (χ4n) is 6.67. The second-order valence-corrected chi connectivity index (χ2v) is 14.3. The van der Waals surface area contributed by atoms with Crippen molar-refractivity contribution in [3.05, 3.63) is 89.5 Å². The predicted octanol–water partition coefficient (Wildman–Crippen LogP) is 5.83. The van der Waals surface area contributed by atoms with Crippen LogP contribution in [-0.2, 0) is 27.2 Å². The number of amides is 3. The lowest BCUT2D eigenvalue weighted by Gasteiger charge is -2.34. The molecule has 1 aliphatic heterocycles. The third-order valence-electron chi connectivity index (χ3n) is 9.08. The summed E-state index contributed by atoms with van der Waals surface area (Å²) in [5, 5.41) is 14.3. The van der Waals surface area contributed by atoms with E-state index in [9.17, 15) is 18.8 Å². The summed E-state index contributed by atoms with van der Waals surface area (Å²) in [6.07, 6.45) is 2.48. The maximum Gasteiger partial charge on any atom is 0.407 e. The van der Waals surface area contributed by atoms with Gasteiger partial charge in [0.1, 0.15) is 17.2 Å². The Balaban J connectivity index is 1.30. The van der Waals surface area contributed by atoms with Gasteiger partial charge in [0.05, 0.1) is 23.2 Å². The summed E-state index contributed by atoms with van der Waals surface area (Å²) in [6, 6.07) is 19.4. The molecule has 1 aliphatic rings. The van der Waals surface area contributed by atoms with Crippen molar-refractivity contribution in [2.75, 3.05) is 40.0 Å². The number of aliphatic hydroxyl groups excluding tert-OH is 1. The molecule has 0 saturated carbocycles. The molecule has 52 heavy (non-hydrogen) atoms. The number of hydrogen-bond donors (Lipinski definition) is 3. The molecule has 278 valence electrons. The van der Waals surface area contributed by atoms with Gasteiger partial charge >= 0.3 is 6.09 Å². The molecular formula is C40H50FN5O6. The predicted molar refractivity (Wildman–Crippen MR) is 198 cm³/mol. The van der Waals surface area contributed by atoms with Crippen LogP contribution < -0.4 is 10.6 Å². The highest BCUT2D eigenvalue weighted by Crippen LogP contribution is 2.30. The number of halogens is 1. The smallest absolute Gasteiger partial charge is 0.407 e. The Morgan fingerprint density at radius 3 is 2.52 bits per heavy atom. The molecule has 4 aromatic rings. The molecule has 0 radical (unpaired) electrons. The quantitative estimate of drug-likeness (QED) is 0.140. The minimum Gasteiger partial charge on any atom is -0.444 e. The standard InChI is InChI=1S/C40H50FN5O6/c1-40(2,3)52-39(50)43-31(23-27-12-14-28(15-13-27)29-16-17-32(33(41)24-29)38(49)42-18-21-47)25-36(48)45-19-7-9-30(26-45)37-44-34-10-5-6-11-35(34)46(37)20-8-22-51-4/h5-6,10-17,24,30-31,47H,7-9,18-23,25-26H2,1-4H3,(H,42,49)(H,43,50)/t30-,31-/m1/s1. The first-order valence-electron chi connectivity index (χ1n) is 17.9. The van der Waals surface area contributed by atoms with E-state index in [-0.39, 0.29) is 37.0 Å². The molecule has 1 fully saturated rings. The van der Waals surface area contributed by atoms with Gasteiger partial charge in [0.25, 0.3) is 5.91 Å². The number of hydrogen-bond acceptors (Lipinski definition) is 7. The van der Waals surface area contributed by atoms with E-state index in [1.54, 1.807) is 33.9 Å². The van der Waals surface area contributed by atoms with Crippen molar-refractivity contribution < 1.29 is 33.4 Å². The van der Waals surface area contributed by atoms with Gasteiger partial charge in [-0.25, -0.2) is 14.2 Å². The Labute approximate surface area is 304 Å². The number of nitrogens with zero attached hydrogens (tertiary/aromatic N) is 3. The summed E-state index contributed by atoms with van der Waals surface area (Å²) in [4.78, 5) is 46.0. The molecule has 0 spiro atoms. The summed E-state index contributed by atoms with van der Waals surface area (Å²) in [5.41, 5.74) is 3.41. The lowest BCUT2D eigenvalue weighted by atomic mass is 9.95. The zero-order valence-corrected chi connectivity index (χ0v) is 30.5. The summed E-state index contributed by atoms with van der Waals surface area (Å²) in [7, 11) is 1.70. The molecule has 2 atom stereocenters. The number of benzene rings is 3. The Kier molecular flexibility index (Phi) is 13.0. The van der Waals surface area contributed by atoms with Gasteiger partial charge in [0, 0.05) is 58.3 Å². The lowest BCUT2D eigenvalue weighted by Crippen LogP contribution is -2.46. The van der Waals surface area contributed by atoms with Gasteiger partial charge in [-0.05, 0) is 87.4 Å². The first-order chi connectivity index (χ1) is 25.0. The van der Waals surface area contributed by atoms with Crippen LogP contribution in [-0.4, -0.2) is 89.1 Å². The van der Waals surface area contributed by atoms with Crippen molar-refractivity contribution >= 4 is 28.9 Å². The molecule has 0 bridgehead atoms. The van der Waals surface area contributed by atoms with E-state index in [0.717, 1.165) is 53.8 Å². The first-order valence-corrected chi connectivity index (χ1v) is 17.9. The number of rotatable bonds is 14. The van der Waals surface area contributed by atoms with Gasteiger partial charge in [0.2, 0.25) is 5.91 Å². The number of aryl methyl sites for hydroxylation is 1. The number of aromatic nitrogens is 2. The van der Waals surface area contributed by atoms with Crippen LogP contribution in [0.15, 0.2) is 66.7 Å². The number of carbonyl (C=O) groups is 3. The summed E-state index contributed by atoms with van der Waals surface area (Å²) in [6.45, 7) is 7.77. The van der Waals surface area contributed by atoms with Gasteiger partial charge in [-0.15, -0.1) is 0 Å². The zero-order chi connectivity index (χ0) is 37.3. The van der Waals surface area contributed by atoms with Crippen molar-refractivity contribution in [2.24, 2.45) is 0 Å². The summed E-state index contributed by atoms with van der Waals surface area (Å²) >= 11 is 0. The van der Waals surface area contributed by atoms with Crippen LogP contribution >= 0.6 is 0 Å². The van der Waals surface area contributed by atoms with Crippen LogP contribution in [0.1, 0.15) is 74.1 Å². The minimum absolute atomic E-state index is 0.0366. The molecule has 12 heteroatoms. The van der Waals surface area contributed by atoms with E-state index in [1.165, 1.54) is 12.1 Å². The number of para-hydroxylation sites is 2. The molecule has 1 saturated heterocycles. The van der Waals surface area contributed by atoms with Crippen LogP contribution in [0.2, 0.25) is 0 Å². The van der Waals surface area contributed by atoms with E-state index in [4.69, 9.17) is 19.6 Å². The number of nitrogens with one attached hydrogen (secondary N) is 2. The van der Waals surface area contributed by atoms with Crippen molar-refractivity contribution in [1.29, 1.82) is 0 Å². The normalized spacial score (nSPS) is 15.3. The zero-order valence-electron chi connectivity index (χ0n) is 30.5. The summed E-state index contributed by atoms with van der Waals surface area (Å²) < 4.78 is 27.9. The number of piperidine rings is 1. The first kappa shape index (κ1) is 38.4. The van der Waals surface area contributed by atoms with E-state index < -0.39 is 29.5 Å². The molecular weight excluding hydrogens is 665 g/mol. The Hall–Kier alpha value is -4.81. The van der Waals surface area contributed by atoms with Crippen LogP contribution in [0.25, 0.3) is 22.2 Å². The highest BCUT2D eigenvalue weighted by atomic mass is 19.1. The highest BCUT2D eigenvalue weighted by molar-refractivity contribution is 5.95. The molecule has 0 unspecified atom stereocenters. The van der Waals surface area contributed by atoms with Gasteiger partial charge in [-0.3, -0.25) is 9.59 Å². The average Bonchev–Trinajstić information content (AvgIpc) is 3.48. The van der Waals surface area contributed by atoms with E-state index in [2.05, 4.69) is 21.3 Å². The van der Waals surface area contributed by atoms with Crippen molar-refractivity contribution in [1.82, 2.24) is 25.1 Å². The van der Waals surface area contributed by atoms with Crippen LogP contribution in [0.3, 0.4) is 0 Å². The number of carbonyl (C=O) groups excluding carboxylic acids is 3. The number of ether oxygens (including phenoxy) is 2. The number of likely N-dealkylation sites (tertiary alicyclic amines) is 1. The maximum absolute atomic E-state index is 14.8. The lowest BCUT2D eigenvalue weighted by molar-refractivity contribution is -0.133. The largest absolute Gasteiger partial charge is 0.444 e. The fourth-order valence-corrected chi connectivity index (χ4v) is 6.67. The fraction of sp³-hybridized carbons (Fsp3) is 0.450. The number of alkyl carbamates (subject to hydrolysis) is 1. The van der Waals surface area contributed by atoms with Gasteiger partial charge in [-0.1, -0.05) is 42.5 Å². The average molecular weight is 716 g/mol. The molecule has 3 amide bonds. The molecule has 5 rings (SSSR count). The van der Waals surface area contributed by atoms with Crippen LogP contribution in [0.5, 0.6) is 0 Å². The molecule has 1 aromatic heterocycles. The third-order valence-corrected chi connectivity index (χ3v) is 9.08. The van der Waals surface area contributed by atoms with Crippen molar-refractivity contribution in [2.45, 2.75) is 77.0 Å². The number of methoxy groups -OCH3 is 1. The Morgan fingerprint density at radius 1 is 1.06 bits per heavy atom. The Bertz CT molecular complexity index is 1840. The number of aliphatic hydroxyl groups is 1. The Morgan fingerprint density at radius 2 is 1.81 bits per heavy atom. The van der Waals surface area contributed by atoms with Crippen LogP contribution in [0, 0.1) is 5.82 Å². The minimum atomic E-state index is -0.709. The van der Waals surface area contributed by atoms with E-state index >= 15 is 0 Å². The second-order valence-electron chi connectivity index (χ2n) is 14.3. The molecule has 3 aromatic carbocycles. The number of imidazole rings is 1. The second kappa shape index (κ2) is 17.6. The van der Waals surface area contributed by atoms with Crippen LogP contribution in [0.4, 0.5) is 9.18 Å². The van der Waals surface area contributed by atoms with Gasteiger partial charge < -0.3 is 34.7 Å². The van der Waals surface area contributed by atoms with E-state index in [0.29, 0.717) is 31.7 Å². The van der Waals surface area contributed by atoms with Crippen molar-refractivity contribution in [3.8, 4) is 11.1 Å². The summed E-state index contributed by atoms with van der Waals surface area (Å²) in [5.74, 6) is -0.253. The van der Waals surface area contributed by atoms with Gasteiger partial charge in [0.15, 0.2) is 0 Å². The highest BCUT2D eigenvalue weighted by Gasteiger charge is 2.31.